The van der Waals surface area contributed by atoms with Crippen LogP contribution in [-0.4, -0.2) is 43.2 Å². The summed E-state index contributed by atoms with van der Waals surface area (Å²) in [6.07, 6.45) is 2.95. The molecule has 1 unspecified atom stereocenters. The summed E-state index contributed by atoms with van der Waals surface area (Å²) in [5, 5.41) is 0. The molecule has 98 valence electrons. The maximum absolute atomic E-state index is 12.2. The Morgan fingerprint density at radius 3 is 2.82 bits per heavy atom. The van der Waals surface area contributed by atoms with Crippen LogP contribution in [0.2, 0.25) is 0 Å². The Morgan fingerprint density at radius 1 is 1.47 bits per heavy atom. The van der Waals surface area contributed by atoms with Crippen LogP contribution in [-0.2, 0) is 9.53 Å². The van der Waals surface area contributed by atoms with Crippen molar-refractivity contribution in [1.82, 2.24) is 4.90 Å². The molecule has 2 heterocycles. The summed E-state index contributed by atoms with van der Waals surface area (Å²) in [4.78, 5) is 14.1. The van der Waals surface area contributed by atoms with Crippen LogP contribution in [0.25, 0.3) is 0 Å². The van der Waals surface area contributed by atoms with Crippen molar-refractivity contribution >= 4 is 5.91 Å². The lowest BCUT2D eigenvalue weighted by Crippen LogP contribution is -2.44. The van der Waals surface area contributed by atoms with Gasteiger partial charge in [0.05, 0.1) is 12.6 Å². The predicted molar refractivity (Wildman–Crippen MR) is 66.5 cm³/mol. The second-order valence-corrected chi connectivity index (χ2v) is 6.05. The van der Waals surface area contributed by atoms with Gasteiger partial charge in [-0.1, -0.05) is 13.8 Å². The molecule has 4 heteroatoms. The molecule has 2 saturated heterocycles. The average Bonchev–Trinajstić information content (AvgIpc) is 2.88. The van der Waals surface area contributed by atoms with Crippen molar-refractivity contribution in [3.8, 4) is 0 Å². The molecule has 0 bridgehead atoms. The minimum Gasteiger partial charge on any atom is -0.381 e. The van der Waals surface area contributed by atoms with E-state index in [0.29, 0.717) is 5.92 Å². The molecular formula is C13H24N2O2. The van der Waals surface area contributed by atoms with E-state index in [0.717, 1.165) is 45.6 Å². The fourth-order valence-corrected chi connectivity index (χ4v) is 2.94. The summed E-state index contributed by atoms with van der Waals surface area (Å²) in [7, 11) is 0. The molecule has 2 N–H and O–H groups in total. The normalized spacial score (nSPS) is 30.5. The summed E-state index contributed by atoms with van der Waals surface area (Å²) in [5.74, 6) is 0.600. The number of carbonyl (C=O) groups is 1. The molecule has 2 rings (SSSR count). The number of hydrogen-bond acceptors (Lipinski definition) is 3. The monoisotopic (exact) mass is 240 g/mol. The molecule has 0 aromatic carbocycles. The topological polar surface area (TPSA) is 55.6 Å². The minimum absolute atomic E-state index is 0.127. The highest BCUT2D eigenvalue weighted by Gasteiger charge is 2.43. The Hall–Kier alpha value is -0.610. The van der Waals surface area contributed by atoms with Gasteiger partial charge in [-0.3, -0.25) is 4.79 Å². The zero-order valence-corrected chi connectivity index (χ0v) is 10.9. The molecule has 1 spiro atoms. The molecule has 2 aliphatic rings. The Bertz CT molecular complexity index is 285. The Morgan fingerprint density at radius 2 is 2.24 bits per heavy atom. The summed E-state index contributed by atoms with van der Waals surface area (Å²) in [5.41, 5.74) is 6.21. The van der Waals surface area contributed by atoms with Crippen LogP contribution in [0.5, 0.6) is 0 Å². The Kier molecular flexibility index (Phi) is 3.73. The number of ether oxygens (including phenoxy) is 1. The molecule has 0 saturated carbocycles. The SMILES string of the molecule is CC(C)C[C@H](N)C(=O)N1CCC2(CCOC2)C1. The first-order valence-corrected chi connectivity index (χ1v) is 6.64. The average molecular weight is 240 g/mol. The molecule has 0 radical (unpaired) electrons. The van der Waals surface area contributed by atoms with E-state index in [-0.39, 0.29) is 17.4 Å². The highest BCUT2D eigenvalue weighted by Crippen LogP contribution is 2.38. The van der Waals surface area contributed by atoms with Crippen LogP contribution in [0.4, 0.5) is 0 Å². The minimum atomic E-state index is -0.326. The highest BCUT2D eigenvalue weighted by atomic mass is 16.5. The van der Waals surface area contributed by atoms with Gasteiger partial charge in [-0.05, 0) is 25.2 Å². The van der Waals surface area contributed by atoms with Gasteiger partial charge in [-0.25, -0.2) is 0 Å². The van der Waals surface area contributed by atoms with Crippen molar-refractivity contribution in [3.63, 3.8) is 0 Å². The maximum atomic E-state index is 12.2. The largest absolute Gasteiger partial charge is 0.381 e. The van der Waals surface area contributed by atoms with Gasteiger partial charge in [0.2, 0.25) is 5.91 Å². The van der Waals surface area contributed by atoms with Crippen molar-refractivity contribution in [1.29, 1.82) is 0 Å². The first-order chi connectivity index (χ1) is 8.02. The molecule has 1 amide bonds. The first kappa shape index (κ1) is 12.8. The lowest BCUT2D eigenvalue weighted by atomic mass is 9.87. The van der Waals surface area contributed by atoms with E-state index in [1.807, 2.05) is 4.90 Å². The van der Waals surface area contributed by atoms with Crippen molar-refractivity contribution < 1.29 is 9.53 Å². The van der Waals surface area contributed by atoms with Gasteiger partial charge in [0.25, 0.3) is 0 Å². The van der Waals surface area contributed by atoms with E-state index in [1.54, 1.807) is 0 Å². The van der Waals surface area contributed by atoms with Crippen LogP contribution in [0.15, 0.2) is 0 Å². The quantitative estimate of drug-likeness (QED) is 0.800. The van der Waals surface area contributed by atoms with Crippen LogP contribution >= 0.6 is 0 Å². The molecular weight excluding hydrogens is 216 g/mol. The van der Waals surface area contributed by atoms with Gasteiger partial charge in [0.15, 0.2) is 0 Å². The number of nitrogens with zero attached hydrogens (tertiary/aromatic N) is 1. The molecule has 2 fully saturated rings. The van der Waals surface area contributed by atoms with Gasteiger partial charge in [-0.2, -0.15) is 0 Å². The Labute approximate surface area is 103 Å². The molecule has 0 aromatic heterocycles. The molecule has 17 heavy (non-hydrogen) atoms. The molecule has 0 aliphatic carbocycles. The highest BCUT2D eigenvalue weighted by molar-refractivity contribution is 5.82. The summed E-state index contributed by atoms with van der Waals surface area (Å²) in [6.45, 7) is 7.56. The molecule has 0 aromatic rings. The van der Waals surface area contributed by atoms with Crippen molar-refractivity contribution in [2.24, 2.45) is 17.1 Å². The third-order valence-electron chi connectivity index (χ3n) is 3.98. The number of rotatable bonds is 3. The summed E-state index contributed by atoms with van der Waals surface area (Å²) >= 11 is 0. The summed E-state index contributed by atoms with van der Waals surface area (Å²) in [6, 6.07) is -0.326. The molecule has 2 atom stereocenters. The van der Waals surface area contributed by atoms with Gasteiger partial charge >= 0.3 is 0 Å². The third kappa shape index (κ3) is 2.80. The molecule has 2 aliphatic heterocycles. The second kappa shape index (κ2) is 4.94. The van der Waals surface area contributed by atoms with Crippen LogP contribution in [0.1, 0.15) is 33.1 Å². The zero-order valence-electron chi connectivity index (χ0n) is 10.9. The fraction of sp³-hybridized carbons (Fsp3) is 0.923. The van der Waals surface area contributed by atoms with Gasteiger partial charge in [0.1, 0.15) is 0 Å². The second-order valence-electron chi connectivity index (χ2n) is 6.05. The predicted octanol–water partition coefficient (Wildman–Crippen LogP) is 0.999. The third-order valence-corrected chi connectivity index (χ3v) is 3.98. The number of likely N-dealkylation sites (tertiary alicyclic amines) is 1. The number of amides is 1. The zero-order chi connectivity index (χ0) is 12.5. The lowest BCUT2D eigenvalue weighted by molar-refractivity contribution is -0.132. The molecule has 4 nitrogen and oxygen atoms in total. The Balaban J connectivity index is 1.89. The maximum Gasteiger partial charge on any atom is 0.239 e. The van der Waals surface area contributed by atoms with Crippen LogP contribution in [0, 0.1) is 11.3 Å². The number of carbonyl (C=O) groups excluding carboxylic acids is 1. The lowest BCUT2D eigenvalue weighted by Gasteiger charge is -2.24. The summed E-state index contributed by atoms with van der Waals surface area (Å²) < 4.78 is 5.47. The van der Waals surface area contributed by atoms with Crippen molar-refractivity contribution in [2.75, 3.05) is 26.3 Å². The van der Waals surface area contributed by atoms with Gasteiger partial charge < -0.3 is 15.4 Å². The fourth-order valence-electron chi connectivity index (χ4n) is 2.94. The first-order valence-electron chi connectivity index (χ1n) is 6.64. The van der Waals surface area contributed by atoms with Crippen LogP contribution < -0.4 is 5.73 Å². The number of nitrogens with two attached hydrogens (primary N) is 1. The smallest absolute Gasteiger partial charge is 0.239 e. The van der Waals surface area contributed by atoms with Crippen molar-refractivity contribution in [2.45, 2.75) is 39.2 Å². The van der Waals surface area contributed by atoms with Crippen LogP contribution in [0.3, 0.4) is 0 Å². The van der Waals surface area contributed by atoms with E-state index in [1.165, 1.54) is 0 Å². The van der Waals surface area contributed by atoms with E-state index in [4.69, 9.17) is 10.5 Å². The standard InChI is InChI=1S/C13H24N2O2/c1-10(2)7-11(14)12(16)15-5-3-13(8-15)4-6-17-9-13/h10-11H,3-9,14H2,1-2H3/t11-,13?/m0/s1. The van der Waals surface area contributed by atoms with Gasteiger partial charge in [0, 0.05) is 25.1 Å². The van der Waals surface area contributed by atoms with E-state index in [2.05, 4.69) is 13.8 Å². The van der Waals surface area contributed by atoms with Gasteiger partial charge in [-0.15, -0.1) is 0 Å². The van der Waals surface area contributed by atoms with E-state index >= 15 is 0 Å². The van der Waals surface area contributed by atoms with E-state index < -0.39 is 0 Å². The van der Waals surface area contributed by atoms with Crippen molar-refractivity contribution in [3.05, 3.63) is 0 Å². The van der Waals surface area contributed by atoms with E-state index in [9.17, 15) is 4.79 Å². The number of hydrogen-bond donors (Lipinski definition) is 1.